The Labute approximate surface area is 157 Å². The molecule has 1 heterocycles. The van der Waals surface area contributed by atoms with Gasteiger partial charge < -0.3 is 4.90 Å². The Balaban J connectivity index is 1.74. The van der Waals surface area contributed by atoms with Crippen molar-refractivity contribution in [1.82, 2.24) is 4.90 Å². The molecule has 3 rings (SSSR count). The van der Waals surface area contributed by atoms with Gasteiger partial charge in [-0.25, -0.2) is 17.2 Å². The number of nitrogens with zero attached hydrogens (tertiary/aromatic N) is 1. The summed E-state index contributed by atoms with van der Waals surface area (Å²) in [5, 5.41) is -0.652. The van der Waals surface area contributed by atoms with Crippen LogP contribution in [0.4, 0.5) is 8.78 Å². The van der Waals surface area contributed by atoms with Crippen LogP contribution in [-0.2, 0) is 14.6 Å². The van der Waals surface area contributed by atoms with Gasteiger partial charge in [-0.3, -0.25) is 4.79 Å². The third-order valence-corrected chi connectivity index (χ3v) is 6.71. The Morgan fingerprint density at radius 3 is 2.56 bits per heavy atom. The van der Waals surface area contributed by atoms with Crippen LogP contribution in [-0.4, -0.2) is 38.1 Å². The van der Waals surface area contributed by atoms with Gasteiger partial charge in [0, 0.05) is 24.7 Å². The summed E-state index contributed by atoms with van der Waals surface area (Å²) in [7, 11) is -3.39. The van der Waals surface area contributed by atoms with Gasteiger partial charge in [0.15, 0.2) is 9.84 Å². The highest BCUT2D eigenvalue weighted by Crippen LogP contribution is 2.29. The number of sulfone groups is 1. The summed E-state index contributed by atoms with van der Waals surface area (Å²) in [4.78, 5) is 13.8. The van der Waals surface area contributed by atoms with E-state index >= 15 is 0 Å². The van der Waals surface area contributed by atoms with E-state index in [9.17, 15) is 22.0 Å². The first-order chi connectivity index (χ1) is 12.9. The van der Waals surface area contributed by atoms with E-state index < -0.39 is 32.6 Å². The minimum absolute atomic E-state index is 0.0343. The van der Waals surface area contributed by atoms with Crippen molar-refractivity contribution in [3.05, 3.63) is 77.4 Å². The molecule has 1 aliphatic heterocycles. The monoisotopic (exact) mass is 391 g/mol. The zero-order valence-electron chi connectivity index (χ0n) is 14.5. The predicted molar refractivity (Wildman–Crippen MR) is 99.6 cm³/mol. The van der Waals surface area contributed by atoms with Crippen LogP contribution < -0.4 is 0 Å². The van der Waals surface area contributed by atoms with Crippen LogP contribution in [0.5, 0.6) is 0 Å². The highest BCUT2D eigenvalue weighted by atomic mass is 32.2. The second-order valence-electron chi connectivity index (χ2n) is 6.38. The van der Waals surface area contributed by atoms with Crippen LogP contribution in [0.15, 0.2) is 54.6 Å². The highest BCUT2D eigenvalue weighted by Gasteiger charge is 2.32. The number of rotatable bonds is 3. The van der Waals surface area contributed by atoms with Gasteiger partial charge in [-0.15, -0.1) is 0 Å². The van der Waals surface area contributed by atoms with Gasteiger partial charge in [0.2, 0.25) is 5.91 Å². The molecule has 0 spiro atoms. The van der Waals surface area contributed by atoms with Crippen LogP contribution >= 0.6 is 0 Å². The summed E-state index contributed by atoms with van der Waals surface area (Å²) in [5.74, 6) is -1.80. The summed E-state index contributed by atoms with van der Waals surface area (Å²) in [6.07, 6.45) is 2.64. The topological polar surface area (TPSA) is 54.5 Å². The SMILES string of the molecule is O=C(/C=C/c1cc(F)ccc1F)N1CC[C@@H](c2ccccc2)S(=O)(=O)CC1. The van der Waals surface area contributed by atoms with Crippen molar-refractivity contribution in [3.63, 3.8) is 0 Å². The lowest BCUT2D eigenvalue weighted by Crippen LogP contribution is -2.32. The van der Waals surface area contributed by atoms with Crippen molar-refractivity contribution in [1.29, 1.82) is 0 Å². The quantitative estimate of drug-likeness (QED) is 0.754. The Hall–Kier alpha value is -2.54. The van der Waals surface area contributed by atoms with Crippen LogP contribution in [0.3, 0.4) is 0 Å². The van der Waals surface area contributed by atoms with E-state index in [0.29, 0.717) is 12.0 Å². The van der Waals surface area contributed by atoms with Crippen LogP contribution in [0.2, 0.25) is 0 Å². The second-order valence-corrected chi connectivity index (χ2v) is 8.68. The van der Waals surface area contributed by atoms with Crippen LogP contribution in [0.25, 0.3) is 6.08 Å². The van der Waals surface area contributed by atoms with E-state index in [4.69, 9.17) is 0 Å². The lowest BCUT2D eigenvalue weighted by molar-refractivity contribution is -0.125. The van der Waals surface area contributed by atoms with Crippen LogP contribution in [0.1, 0.15) is 22.8 Å². The molecule has 0 bridgehead atoms. The number of hydrogen-bond donors (Lipinski definition) is 0. The molecule has 4 nitrogen and oxygen atoms in total. The van der Waals surface area contributed by atoms with Crippen molar-refractivity contribution in [3.8, 4) is 0 Å². The fourth-order valence-corrected chi connectivity index (χ4v) is 4.91. The normalized spacial score (nSPS) is 19.8. The number of halogens is 2. The van der Waals surface area contributed by atoms with E-state index in [1.54, 1.807) is 24.3 Å². The minimum Gasteiger partial charge on any atom is -0.338 e. The first kappa shape index (κ1) is 19.2. The molecule has 1 saturated heterocycles. The molecule has 27 heavy (non-hydrogen) atoms. The Morgan fingerprint density at radius 1 is 1.07 bits per heavy atom. The van der Waals surface area contributed by atoms with Crippen LogP contribution in [0, 0.1) is 11.6 Å². The van der Waals surface area contributed by atoms with Gasteiger partial charge in [-0.05, 0) is 36.3 Å². The average molecular weight is 391 g/mol. The Morgan fingerprint density at radius 2 is 1.81 bits per heavy atom. The molecule has 0 radical (unpaired) electrons. The number of hydrogen-bond acceptors (Lipinski definition) is 3. The maximum Gasteiger partial charge on any atom is 0.246 e. The van der Waals surface area contributed by atoms with E-state index in [1.807, 2.05) is 6.07 Å². The largest absolute Gasteiger partial charge is 0.338 e. The zero-order valence-corrected chi connectivity index (χ0v) is 15.3. The summed E-state index contributed by atoms with van der Waals surface area (Å²) >= 11 is 0. The van der Waals surface area contributed by atoms with E-state index in [0.717, 1.165) is 24.3 Å². The fourth-order valence-electron chi connectivity index (χ4n) is 3.12. The zero-order chi connectivity index (χ0) is 19.4. The van der Waals surface area contributed by atoms with Gasteiger partial charge in [-0.1, -0.05) is 30.3 Å². The average Bonchev–Trinajstić information content (AvgIpc) is 2.81. The van der Waals surface area contributed by atoms with Gasteiger partial charge >= 0.3 is 0 Å². The summed E-state index contributed by atoms with van der Waals surface area (Å²) in [5.41, 5.74) is 0.678. The first-order valence-corrected chi connectivity index (χ1v) is 10.3. The van der Waals surface area contributed by atoms with Crippen molar-refractivity contribution in [2.45, 2.75) is 11.7 Å². The second kappa shape index (κ2) is 8.00. The Kier molecular flexibility index (Phi) is 5.70. The van der Waals surface area contributed by atoms with Crippen molar-refractivity contribution in [2.24, 2.45) is 0 Å². The van der Waals surface area contributed by atoms with Crippen molar-refractivity contribution >= 4 is 21.8 Å². The van der Waals surface area contributed by atoms with Crippen molar-refractivity contribution < 1.29 is 22.0 Å². The summed E-state index contributed by atoms with van der Waals surface area (Å²) in [6, 6.07) is 11.9. The predicted octanol–water partition coefficient (Wildman–Crippen LogP) is 3.37. The van der Waals surface area contributed by atoms with E-state index in [1.165, 1.54) is 11.0 Å². The number of carbonyl (C=O) groups excluding carboxylic acids is 1. The lowest BCUT2D eigenvalue weighted by Gasteiger charge is -2.18. The smallest absolute Gasteiger partial charge is 0.246 e. The van der Waals surface area contributed by atoms with E-state index in [-0.39, 0.29) is 24.4 Å². The molecule has 0 unspecified atom stereocenters. The number of carbonyl (C=O) groups is 1. The van der Waals surface area contributed by atoms with Gasteiger partial charge in [0.05, 0.1) is 11.0 Å². The van der Waals surface area contributed by atoms with Gasteiger partial charge in [-0.2, -0.15) is 0 Å². The molecular formula is C20H19F2NO3S. The molecular weight excluding hydrogens is 372 g/mol. The fraction of sp³-hybridized carbons (Fsp3) is 0.250. The number of benzene rings is 2. The molecule has 0 N–H and O–H groups in total. The molecule has 0 aromatic heterocycles. The molecule has 142 valence electrons. The standard InChI is InChI=1S/C20H19F2NO3S/c21-17-7-8-18(22)16(14-17)6-9-20(24)23-11-10-19(27(25,26)13-12-23)15-4-2-1-3-5-15/h1-9,14,19H,10-13H2/b9-6+/t19-/m0/s1. The molecule has 1 fully saturated rings. The highest BCUT2D eigenvalue weighted by molar-refractivity contribution is 7.91. The lowest BCUT2D eigenvalue weighted by atomic mass is 10.1. The molecule has 2 aromatic carbocycles. The summed E-state index contributed by atoms with van der Waals surface area (Å²) < 4.78 is 52.0. The molecule has 1 amide bonds. The maximum absolute atomic E-state index is 13.6. The van der Waals surface area contributed by atoms with E-state index in [2.05, 4.69) is 0 Å². The third kappa shape index (κ3) is 4.60. The molecule has 1 atom stereocenters. The maximum atomic E-state index is 13.6. The third-order valence-electron chi connectivity index (χ3n) is 4.59. The first-order valence-electron chi connectivity index (χ1n) is 8.55. The Bertz CT molecular complexity index is 958. The number of amides is 1. The van der Waals surface area contributed by atoms with Gasteiger partial charge in [0.1, 0.15) is 11.6 Å². The molecule has 1 aliphatic rings. The minimum atomic E-state index is -3.39. The summed E-state index contributed by atoms with van der Waals surface area (Å²) in [6.45, 7) is 0.341. The van der Waals surface area contributed by atoms with Gasteiger partial charge in [0.25, 0.3) is 0 Å². The molecule has 0 aliphatic carbocycles. The molecule has 7 heteroatoms. The van der Waals surface area contributed by atoms with Crippen molar-refractivity contribution in [2.75, 3.05) is 18.8 Å². The molecule has 0 saturated carbocycles. The molecule has 2 aromatic rings.